The molecule has 0 saturated heterocycles. The molecule has 1 aliphatic carbocycles. The van der Waals surface area contributed by atoms with Gasteiger partial charge >= 0.3 is 0 Å². The van der Waals surface area contributed by atoms with E-state index in [0.29, 0.717) is 6.04 Å². The van der Waals surface area contributed by atoms with Gasteiger partial charge in [-0.1, -0.05) is 47.5 Å². The quantitative estimate of drug-likeness (QED) is 0.719. The van der Waals surface area contributed by atoms with Crippen LogP contribution in [0.15, 0.2) is 28.7 Å². The molecule has 2 nitrogen and oxygen atoms in total. The van der Waals surface area contributed by atoms with Crippen LogP contribution >= 0.6 is 15.9 Å². The molecule has 0 heterocycles. The molecule has 112 valence electrons. The normalized spacial score (nSPS) is 16.6. The second kappa shape index (κ2) is 8.16. The summed E-state index contributed by atoms with van der Waals surface area (Å²) in [5, 5.41) is 3.47. The summed E-state index contributed by atoms with van der Waals surface area (Å²) >= 11 is 3.67. The van der Waals surface area contributed by atoms with Crippen LogP contribution in [0.2, 0.25) is 0 Å². The van der Waals surface area contributed by atoms with E-state index >= 15 is 0 Å². The maximum atomic E-state index is 3.67. The van der Waals surface area contributed by atoms with Crippen molar-refractivity contribution in [2.24, 2.45) is 0 Å². The van der Waals surface area contributed by atoms with E-state index in [1.165, 1.54) is 55.2 Å². The number of hydrogen-bond acceptors (Lipinski definition) is 2. The van der Waals surface area contributed by atoms with Crippen molar-refractivity contribution in [2.75, 3.05) is 20.1 Å². The Labute approximate surface area is 132 Å². The third-order valence-electron chi connectivity index (χ3n) is 4.20. The number of hydrogen-bond donors (Lipinski definition) is 1. The van der Waals surface area contributed by atoms with E-state index in [-0.39, 0.29) is 0 Å². The standard InChI is InChI=1S/C17H27BrN2/c1-3-4-12-20(14-9-10-14)13-11-17(19-2)15-7-5-6-8-16(15)18/h5-8,14,17,19H,3-4,9-13H2,1-2H3. The van der Waals surface area contributed by atoms with Gasteiger partial charge in [-0.3, -0.25) is 0 Å². The minimum Gasteiger partial charge on any atom is -0.313 e. The van der Waals surface area contributed by atoms with Crippen LogP contribution in [0.4, 0.5) is 0 Å². The van der Waals surface area contributed by atoms with Crippen LogP contribution in [-0.2, 0) is 0 Å². The van der Waals surface area contributed by atoms with Crippen molar-refractivity contribution in [2.45, 2.75) is 51.1 Å². The molecule has 1 saturated carbocycles. The average Bonchev–Trinajstić information content (AvgIpc) is 3.29. The molecule has 0 aromatic heterocycles. The molecule has 0 bridgehead atoms. The maximum absolute atomic E-state index is 3.67. The van der Waals surface area contributed by atoms with Crippen LogP contribution in [0, 0.1) is 0 Å². The molecule has 20 heavy (non-hydrogen) atoms. The van der Waals surface area contributed by atoms with Crippen molar-refractivity contribution in [3.05, 3.63) is 34.3 Å². The Hall–Kier alpha value is -0.380. The first kappa shape index (κ1) is 16.0. The van der Waals surface area contributed by atoms with Gasteiger partial charge in [-0.2, -0.15) is 0 Å². The molecule has 1 aromatic rings. The Kier molecular flexibility index (Phi) is 6.53. The predicted octanol–water partition coefficient (Wildman–Crippen LogP) is 4.36. The summed E-state index contributed by atoms with van der Waals surface area (Å²) in [7, 11) is 2.07. The molecule has 2 rings (SSSR count). The highest BCUT2D eigenvalue weighted by Crippen LogP contribution is 2.30. The lowest BCUT2D eigenvalue weighted by Crippen LogP contribution is -2.31. The Morgan fingerprint density at radius 1 is 1.30 bits per heavy atom. The van der Waals surface area contributed by atoms with Gasteiger partial charge in [0.2, 0.25) is 0 Å². The topological polar surface area (TPSA) is 15.3 Å². The highest BCUT2D eigenvalue weighted by molar-refractivity contribution is 9.10. The highest BCUT2D eigenvalue weighted by atomic mass is 79.9. The zero-order chi connectivity index (χ0) is 14.4. The molecular formula is C17H27BrN2. The summed E-state index contributed by atoms with van der Waals surface area (Å²) in [6.45, 7) is 4.76. The summed E-state index contributed by atoms with van der Waals surface area (Å²) < 4.78 is 1.21. The molecule has 1 unspecified atom stereocenters. The zero-order valence-corrected chi connectivity index (χ0v) is 14.3. The monoisotopic (exact) mass is 338 g/mol. The molecule has 0 amide bonds. The van der Waals surface area contributed by atoms with Crippen LogP contribution in [0.3, 0.4) is 0 Å². The minimum absolute atomic E-state index is 0.438. The van der Waals surface area contributed by atoms with E-state index in [1.54, 1.807) is 0 Å². The van der Waals surface area contributed by atoms with Crippen LogP contribution in [0.5, 0.6) is 0 Å². The van der Waals surface area contributed by atoms with Gasteiger partial charge in [0.15, 0.2) is 0 Å². The number of rotatable bonds is 9. The Morgan fingerprint density at radius 3 is 2.65 bits per heavy atom. The van der Waals surface area contributed by atoms with Crippen molar-refractivity contribution in [3.8, 4) is 0 Å². The van der Waals surface area contributed by atoms with Gasteiger partial charge in [-0.15, -0.1) is 0 Å². The summed E-state index contributed by atoms with van der Waals surface area (Å²) in [4.78, 5) is 2.70. The third kappa shape index (κ3) is 4.57. The molecule has 3 heteroatoms. The Morgan fingerprint density at radius 2 is 2.05 bits per heavy atom. The molecular weight excluding hydrogens is 312 g/mol. The minimum atomic E-state index is 0.438. The number of benzene rings is 1. The van der Waals surface area contributed by atoms with Crippen LogP contribution < -0.4 is 5.32 Å². The van der Waals surface area contributed by atoms with Crippen molar-refractivity contribution < 1.29 is 0 Å². The first-order chi connectivity index (χ1) is 9.76. The number of nitrogens with one attached hydrogen (secondary N) is 1. The molecule has 1 fully saturated rings. The second-order valence-electron chi connectivity index (χ2n) is 5.77. The highest BCUT2D eigenvalue weighted by Gasteiger charge is 2.28. The molecule has 0 spiro atoms. The van der Waals surface area contributed by atoms with Crippen LogP contribution in [0.1, 0.15) is 50.6 Å². The van der Waals surface area contributed by atoms with Crippen molar-refractivity contribution in [1.82, 2.24) is 10.2 Å². The van der Waals surface area contributed by atoms with Gasteiger partial charge in [-0.25, -0.2) is 0 Å². The molecule has 1 atom stereocenters. The smallest absolute Gasteiger partial charge is 0.0340 e. The fraction of sp³-hybridized carbons (Fsp3) is 0.647. The number of halogens is 1. The molecule has 0 aliphatic heterocycles. The van der Waals surface area contributed by atoms with Crippen molar-refractivity contribution in [1.29, 1.82) is 0 Å². The predicted molar refractivity (Wildman–Crippen MR) is 90.1 cm³/mol. The number of unbranched alkanes of at least 4 members (excludes halogenated alkanes) is 1. The van der Waals surface area contributed by atoms with E-state index < -0.39 is 0 Å². The fourth-order valence-corrected chi connectivity index (χ4v) is 3.35. The summed E-state index contributed by atoms with van der Waals surface area (Å²) in [5.74, 6) is 0. The van der Waals surface area contributed by atoms with E-state index in [4.69, 9.17) is 0 Å². The van der Waals surface area contributed by atoms with Crippen LogP contribution in [0.25, 0.3) is 0 Å². The Bertz CT molecular complexity index is 404. The molecule has 1 N–H and O–H groups in total. The first-order valence-electron chi connectivity index (χ1n) is 7.92. The lowest BCUT2D eigenvalue weighted by atomic mass is 10.0. The van der Waals surface area contributed by atoms with E-state index in [1.807, 2.05) is 0 Å². The SMILES string of the molecule is CCCCN(CCC(NC)c1ccccc1Br)C1CC1. The lowest BCUT2D eigenvalue weighted by molar-refractivity contribution is 0.245. The van der Waals surface area contributed by atoms with Gasteiger partial charge in [-0.05, 0) is 50.9 Å². The second-order valence-corrected chi connectivity index (χ2v) is 6.63. The summed E-state index contributed by atoms with van der Waals surface area (Å²) in [6.07, 6.45) is 6.62. The first-order valence-corrected chi connectivity index (χ1v) is 8.71. The van der Waals surface area contributed by atoms with E-state index in [9.17, 15) is 0 Å². The number of nitrogens with zero attached hydrogens (tertiary/aromatic N) is 1. The zero-order valence-electron chi connectivity index (χ0n) is 12.7. The van der Waals surface area contributed by atoms with Gasteiger partial charge < -0.3 is 10.2 Å². The largest absolute Gasteiger partial charge is 0.313 e. The summed E-state index contributed by atoms with van der Waals surface area (Å²) in [5.41, 5.74) is 1.38. The summed E-state index contributed by atoms with van der Waals surface area (Å²) in [6, 6.07) is 9.87. The Balaban J connectivity index is 1.90. The maximum Gasteiger partial charge on any atom is 0.0340 e. The van der Waals surface area contributed by atoms with Gasteiger partial charge in [0.1, 0.15) is 0 Å². The van der Waals surface area contributed by atoms with Crippen molar-refractivity contribution in [3.63, 3.8) is 0 Å². The third-order valence-corrected chi connectivity index (χ3v) is 4.92. The molecule has 1 aliphatic rings. The van der Waals surface area contributed by atoms with E-state index in [0.717, 1.165) is 6.04 Å². The molecule has 0 radical (unpaired) electrons. The van der Waals surface area contributed by atoms with Gasteiger partial charge in [0, 0.05) is 23.1 Å². The van der Waals surface area contributed by atoms with Gasteiger partial charge in [0.05, 0.1) is 0 Å². The average molecular weight is 339 g/mol. The van der Waals surface area contributed by atoms with Gasteiger partial charge in [0.25, 0.3) is 0 Å². The van der Waals surface area contributed by atoms with Crippen LogP contribution in [-0.4, -0.2) is 31.1 Å². The van der Waals surface area contributed by atoms with Crippen molar-refractivity contribution >= 4 is 15.9 Å². The fourth-order valence-electron chi connectivity index (χ4n) is 2.79. The molecule has 1 aromatic carbocycles. The lowest BCUT2D eigenvalue weighted by Gasteiger charge is -2.25. The van der Waals surface area contributed by atoms with E-state index in [2.05, 4.69) is 64.4 Å².